The monoisotopic (exact) mass is 353 g/mol. The van der Waals surface area contributed by atoms with E-state index in [9.17, 15) is 9.59 Å². The highest BCUT2D eigenvalue weighted by atomic mass is 79.9. The summed E-state index contributed by atoms with van der Waals surface area (Å²) in [5, 5.41) is 11.6. The number of nitrogens with one attached hydrogen (secondary N) is 1. The number of carbonyl (C=O) groups excluding carboxylic acids is 1. The van der Waals surface area contributed by atoms with Crippen LogP contribution in [0.25, 0.3) is 6.08 Å². The Labute approximate surface area is 131 Å². The van der Waals surface area contributed by atoms with Gasteiger partial charge in [0.15, 0.2) is 0 Å². The van der Waals surface area contributed by atoms with Crippen LogP contribution >= 0.6 is 15.9 Å². The van der Waals surface area contributed by atoms with Gasteiger partial charge < -0.3 is 15.2 Å². The standard InChI is InChI=1S/C15H16BrNO4/c1-8(2)13(15(19)20)17-14(18)10-5-9-6-11(16)3-4-12(9)21-7-10/h3-6,8,13H,7H2,1-2H3,(H,17,18)(H,19,20)/t13-/m1/s1. The summed E-state index contributed by atoms with van der Waals surface area (Å²) in [5.74, 6) is -0.952. The first-order chi connectivity index (χ1) is 9.88. The molecule has 1 aromatic carbocycles. The molecular formula is C15H16BrNO4. The van der Waals surface area contributed by atoms with E-state index in [1.807, 2.05) is 18.2 Å². The van der Waals surface area contributed by atoms with Crippen molar-refractivity contribution >= 4 is 33.9 Å². The van der Waals surface area contributed by atoms with Gasteiger partial charge in [-0.2, -0.15) is 0 Å². The molecule has 1 amide bonds. The molecule has 0 aromatic heterocycles. The second kappa shape index (κ2) is 6.30. The molecule has 0 spiro atoms. The number of ether oxygens (including phenoxy) is 1. The largest absolute Gasteiger partial charge is 0.488 e. The minimum Gasteiger partial charge on any atom is -0.488 e. The maximum Gasteiger partial charge on any atom is 0.326 e. The third-order valence-electron chi connectivity index (χ3n) is 3.20. The molecule has 1 aromatic rings. The van der Waals surface area contributed by atoms with E-state index in [-0.39, 0.29) is 12.5 Å². The van der Waals surface area contributed by atoms with Gasteiger partial charge in [0.1, 0.15) is 18.4 Å². The van der Waals surface area contributed by atoms with Gasteiger partial charge in [-0.05, 0) is 30.2 Å². The first kappa shape index (κ1) is 15.6. The van der Waals surface area contributed by atoms with Gasteiger partial charge in [0.05, 0.1) is 5.57 Å². The zero-order valence-electron chi connectivity index (χ0n) is 11.7. The fourth-order valence-corrected chi connectivity index (χ4v) is 2.41. The third-order valence-corrected chi connectivity index (χ3v) is 3.69. The van der Waals surface area contributed by atoms with Gasteiger partial charge in [-0.1, -0.05) is 29.8 Å². The summed E-state index contributed by atoms with van der Waals surface area (Å²) in [5.41, 5.74) is 1.20. The Morgan fingerprint density at radius 3 is 2.71 bits per heavy atom. The summed E-state index contributed by atoms with van der Waals surface area (Å²) < 4.78 is 6.40. The average Bonchev–Trinajstić information content (AvgIpc) is 2.42. The fourth-order valence-electron chi connectivity index (χ4n) is 2.03. The van der Waals surface area contributed by atoms with E-state index in [0.717, 1.165) is 10.0 Å². The second-order valence-electron chi connectivity index (χ2n) is 5.17. The Kier molecular flexibility index (Phi) is 4.67. The number of benzene rings is 1. The molecule has 0 bridgehead atoms. The van der Waals surface area contributed by atoms with Gasteiger partial charge in [0, 0.05) is 10.0 Å². The Morgan fingerprint density at radius 2 is 2.10 bits per heavy atom. The number of carbonyl (C=O) groups is 2. The fraction of sp³-hybridized carbons (Fsp3) is 0.333. The van der Waals surface area contributed by atoms with E-state index in [2.05, 4.69) is 21.2 Å². The third kappa shape index (κ3) is 3.64. The number of halogens is 1. The summed E-state index contributed by atoms with van der Waals surface area (Å²) in [6.45, 7) is 3.62. The highest BCUT2D eigenvalue weighted by Crippen LogP contribution is 2.29. The molecule has 112 valence electrons. The van der Waals surface area contributed by atoms with Gasteiger partial charge in [-0.25, -0.2) is 4.79 Å². The van der Waals surface area contributed by atoms with Crippen molar-refractivity contribution in [3.63, 3.8) is 0 Å². The van der Waals surface area contributed by atoms with E-state index in [1.165, 1.54) is 0 Å². The molecule has 0 radical (unpaired) electrons. The normalized spacial score (nSPS) is 14.8. The lowest BCUT2D eigenvalue weighted by atomic mass is 10.0. The number of aliphatic carboxylic acids is 1. The molecule has 1 aliphatic heterocycles. The highest BCUT2D eigenvalue weighted by molar-refractivity contribution is 9.10. The molecule has 21 heavy (non-hydrogen) atoms. The quantitative estimate of drug-likeness (QED) is 0.871. The maximum absolute atomic E-state index is 12.2. The minimum absolute atomic E-state index is 0.130. The van der Waals surface area contributed by atoms with Crippen LogP contribution in [0, 0.1) is 5.92 Å². The second-order valence-corrected chi connectivity index (χ2v) is 6.09. The molecule has 2 N–H and O–H groups in total. The minimum atomic E-state index is -1.04. The summed E-state index contributed by atoms with van der Waals surface area (Å²) in [7, 11) is 0. The summed E-state index contributed by atoms with van der Waals surface area (Å²) in [6.07, 6.45) is 1.72. The first-order valence-electron chi connectivity index (χ1n) is 6.55. The van der Waals surface area contributed by atoms with Gasteiger partial charge >= 0.3 is 5.97 Å². The van der Waals surface area contributed by atoms with Gasteiger partial charge in [0.25, 0.3) is 5.91 Å². The van der Waals surface area contributed by atoms with Crippen molar-refractivity contribution in [2.24, 2.45) is 5.92 Å². The van der Waals surface area contributed by atoms with E-state index in [1.54, 1.807) is 19.9 Å². The smallest absolute Gasteiger partial charge is 0.326 e. The predicted octanol–water partition coefficient (Wildman–Crippen LogP) is 2.45. The van der Waals surface area contributed by atoms with Crippen LogP contribution in [-0.2, 0) is 9.59 Å². The zero-order valence-corrected chi connectivity index (χ0v) is 13.3. The van der Waals surface area contributed by atoms with Crippen molar-refractivity contribution in [3.8, 4) is 5.75 Å². The molecule has 6 heteroatoms. The summed E-state index contributed by atoms with van der Waals surface area (Å²) in [6, 6.07) is 4.61. The molecular weight excluding hydrogens is 338 g/mol. The van der Waals surface area contributed by atoms with Crippen molar-refractivity contribution in [1.82, 2.24) is 5.32 Å². The first-order valence-corrected chi connectivity index (χ1v) is 7.34. The highest BCUT2D eigenvalue weighted by Gasteiger charge is 2.26. The van der Waals surface area contributed by atoms with E-state index < -0.39 is 17.9 Å². The maximum atomic E-state index is 12.2. The van der Waals surface area contributed by atoms with Crippen molar-refractivity contribution in [1.29, 1.82) is 0 Å². The molecule has 0 saturated heterocycles. The van der Waals surface area contributed by atoms with E-state index in [0.29, 0.717) is 11.3 Å². The molecule has 2 rings (SSSR count). The average molecular weight is 354 g/mol. The Balaban J connectivity index is 2.19. The zero-order chi connectivity index (χ0) is 15.6. The molecule has 1 aliphatic rings. The van der Waals surface area contributed by atoms with Crippen LogP contribution in [0.5, 0.6) is 5.75 Å². The van der Waals surface area contributed by atoms with Crippen molar-refractivity contribution in [2.45, 2.75) is 19.9 Å². The van der Waals surface area contributed by atoms with Gasteiger partial charge in [0.2, 0.25) is 0 Å². The van der Waals surface area contributed by atoms with Crippen molar-refractivity contribution < 1.29 is 19.4 Å². The molecule has 0 unspecified atom stereocenters. The Hall–Kier alpha value is -1.82. The number of carboxylic acids is 1. The van der Waals surface area contributed by atoms with Crippen LogP contribution in [0.1, 0.15) is 19.4 Å². The lowest BCUT2D eigenvalue weighted by Crippen LogP contribution is -2.45. The van der Waals surface area contributed by atoms with E-state index >= 15 is 0 Å². The molecule has 0 fully saturated rings. The predicted molar refractivity (Wildman–Crippen MR) is 82.0 cm³/mol. The summed E-state index contributed by atoms with van der Waals surface area (Å²) in [4.78, 5) is 23.3. The molecule has 0 aliphatic carbocycles. The number of hydrogen-bond donors (Lipinski definition) is 2. The van der Waals surface area contributed by atoms with Crippen LogP contribution in [0.4, 0.5) is 0 Å². The van der Waals surface area contributed by atoms with Crippen molar-refractivity contribution in [3.05, 3.63) is 33.8 Å². The van der Waals surface area contributed by atoms with Crippen LogP contribution in [0.3, 0.4) is 0 Å². The topological polar surface area (TPSA) is 75.6 Å². The van der Waals surface area contributed by atoms with Gasteiger partial charge in [-0.3, -0.25) is 4.79 Å². The van der Waals surface area contributed by atoms with Crippen molar-refractivity contribution in [2.75, 3.05) is 6.61 Å². The number of amides is 1. The molecule has 0 saturated carbocycles. The van der Waals surface area contributed by atoms with Crippen LogP contribution in [0.2, 0.25) is 0 Å². The number of rotatable bonds is 4. The molecule has 1 heterocycles. The lowest BCUT2D eigenvalue weighted by Gasteiger charge is -2.21. The Morgan fingerprint density at radius 1 is 1.38 bits per heavy atom. The number of fused-ring (bicyclic) bond motifs is 1. The SMILES string of the molecule is CC(C)[C@@H](NC(=O)C1=Cc2cc(Br)ccc2OC1)C(=O)O. The van der Waals surface area contributed by atoms with Crippen LogP contribution in [0.15, 0.2) is 28.2 Å². The van der Waals surface area contributed by atoms with E-state index in [4.69, 9.17) is 9.84 Å². The molecule has 1 atom stereocenters. The lowest BCUT2D eigenvalue weighted by molar-refractivity contribution is -0.142. The van der Waals surface area contributed by atoms with Crippen LogP contribution in [-0.4, -0.2) is 29.6 Å². The number of hydrogen-bond acceptors (Lipinski definition) is 3. The van der Waals surface area contributed by atoms with Crippen LogP contribution < -0.4 is 10.1 Å². The molecule has 5 nitrogen and oxygen atoms in total. The van der Waals surface area contributed by atoms with Gasteiger partial charge in [-0.15, -0.1) is 0 Å². The number of carboxylic acid groups (broad SMARTS) is 1. The summed E-state index contributed by atoms with van der Waals surface area (Å²) >= 11 is 3.36. The Bertz CT molecular complexity index is 610.